The third-order valence-corrected chi connectivity index (χ3v) is 10.2. The first kappa shape index (κ1) is 60.5. The van der Waals surface area contributed by atoms with Crippen molar-refractivity contribution in [3.63, 3.8) is 0 Å². The maximum absolute atomic E-state index is 12.7. The number of hydrogen-bond donors (Lipinski definition) is 0. The molecule has 0 amide bonds. The summed E-state index contributed by atoms with van der Waals surface area (Å²) < 4.78 is 16.6. The molecule has 364 valence electrons. The maximum atomic E-state index is 12.7. The summed E-state index contributed by atoms with van der Waals surface area (Å²) in [4.78, 5) is 37.7. The predicted octanol–water partition coefficient (Wildman–Crippen LogP) is 17.1. The summed E-state index contributed by atoms with van der Waals surface area (Å²) in [5.74, 6) is -0.988. The molecule has 0 aliphatic heterocycles. The molecular weight excluding hydrogens is 805 g/mol. The fourth-order valence-corrected chi connectivity index (χ4v) is 6.35. The molecule has 0 bridgehead atoms. The molecule has 65 heavy (non-hydrogen) atoms. The molecule has 6 heteroatoms. The van der Waals surface area contributed by atoms with Crippen molar-refractivity contribution >= 4 is 17.9 Å². The Morgan fingerprint density at radius 2 is 0.600 bits per heavy atom. The highest BCUT2D eigenvalue weighted by Crippen LogP contribution is 2.11. The molecule has 0 saturated heterocycles. The number of hydrogen-bond acceptors (Lipinski definition) is 6. The molecule has 0 aromatic carbocycles. The Balaban J connectivity index is 4.30. The zero-order valence-corrected chi connectivity index (χ0v) is 41.4. The molecule has 1 unspecified atom stereocenters. The van der Waals surface area contributed by atoms with Crippen molar-refractivity contribution in [2.24, 2.45) is 0 Å². The van der Waals surface area contributed by atoms with Gasteiger partial charge in [0.15, 0.2) is 6.10 Å². The van der Waals surface area contributed by atoms with E-state index in [4.69, 9.17) is 14.2 Å². The van der Waals surface area contributed by atoms with Crippen LogP contribution in [0.1, 0.15) is 201 Å². The fourth-order valence-electron chi connectivity index (χ4n) is 6.35. The lowest BCUT2D eigenvalue weighted by molar-refractivity contribution is -0.167. The van der Waals surface area contributed by atoms with Crippen LogP contribution >= 0.6 is 0 Å². The second kappa shape index (κ2) is 52.2. The lowest BCUT2D eigenvalue weighted by atomic mass is 10.1. The van der Waals surface area contributed by atoms with E-state index < -0.39 is 6.10 Å². The topological polar surface area (TPSA) is 78.9 Å². The van der Waals surface area contributed by atoms with Crippen LogP contribution in [0.15, 0.2) is 134 Å². The van der Waals surface area contributed by atoms with Crippen LogP contribution in [0.3, 0.4) is 0 Å². The number of ether oxygens (including phenoxy) is 3. The van der Waals surface area contributed by atoms with Gasteiger partial charge in [-0.3, -0.25) is 14.4 Å². The van der Waals surface area contributed by atoms with Gasteiger partial charge in [-0.25, -0.2) is 0 Å². The maximum Gasteiger partial charge on any atom is 0.306 e. The van der Waals surface area contributed by atoms with Crippen LogP contribution in [0.2, 0.25) is 0 Å². The van der Waals surface area contributed by atoms with Crippen molar-refractivity contribution in [1.82, 2.24) is 0 Å². The number of unbranched alkanes of at least 4 members (excludes halogenated alkanes) is 11. The summed E-state index contributed by atoms with van der Waals surface area (Å²) in [5, 5.41) is 0. The molecule has 0 N–H and O–H groups in total. The highest BCUT2D eigenvalue weighted by atomic mass is 16.6. The Bertz CT molecular complexity index is 1450. The van der Waals surface area contributed by atoms with Crippen molar-refractivity contribution in [3.8, 4) is 0 Å². The zero-order valence-electron chi connectivity index (χ0n) is 41.4. The summed E-state index contributed by atoms with van der Waals surface area (Å²) in [6.45, 7) is 6.25. The predicted molar refractivity (Wildman–Crippen MR) is 279 cm³/mol. The van der Waals surface area contributed by atoms with Crippen LogP contribution in [-0.2, 0) is 28.6 Å². The molecule has 0 rings (SSSR count). The summed E-state index contributed by atoms with van der Waals surface area (Å²) in [7, 11) is 0. The van der Waals surface area contributed by atoms with E-state index in [2.05, 4.69) is 154 Å². The second-order valence-corrected chi connectivity index (χ2v) is 16.3. The standard InChI is InChI=1S/C59H92O6/c1-4-7-10-13-15-17-19-21-23-25-26-27-28-29-30-31-32-34-35-37-39-41-43-46-49-52-58(61)64-55-56(54-63-57(60)51-48-45-12-9-6-3)65-59(62)53-50-47-44-42-40-38-36-33-24-22-20-18-16-14-11-8-5-2/h7-8,10-11,15-18,21-24,26-27,29-30,32,34,36-39,56H,4-6,9,12-14,19-20,25,28,31,33,35,40-55H2,1-3H3/b10-7-,11-8-,17-15-,18-16-,23-21-,24-22-,27-26-,30-29-,34-32-,38-36-,39-37-. The number of rotatable bonds is 44. The van der Waals surface area contributed by atoms with Crippen LogP contribution in [0, 0.1) is 0 Å². The Morgan fingerprint density at radius 3 is 0.938 bits per heavy atom. The lowest BCUT2D eigenvalue weighted by Gasteiger charge is -2.18. The molecule has 6 nitrogen and oxygen atoms in total. The summed E-state index contributed by atoms with van der Waals surface area (Å²) >= 11 is 0. The molecule has 0 aliphatic rings. The number of allylic oxidation sites excluding steroid dienone is 22. The van der Waals surface area contributed by atoms with Crippen molar-refractivity contribution in [3.05, 3.63) is 134 Å². The lowest BCUT2D eigenvalue weighted by Crippen LogP contribution is -2.30. The average Bonchev–Trinajstić information content (AvgIpc) is 3.30. The molecule has 0 saturated carbocycles. The van der Waals surface area contributed by atoms with Gasteiger partial charge in [0.1, 0.15) is 13.2 Å². The van der Waals surface area contributed by atoms with Crippen LogP contribution in [-0.4, -0.2) is 37.2 Å². The summed E-state index contributed by atoms with van der Waals surface area (Å²) in [6, 6.07) is 0. The minimum atomic E-state index is -0.806. The molecular formula is C59H92O6. The number of esters is 3. The summed E-state index contributed by atoms with van der Waals surface area (Å²) in [6.07, 6.45) is 73.3. The first-order chi connectivity index (χ1) is 32.0. The third-order valence-electron chi connectivity index (χ3n) is 10.2. The van der Waals surface area contributed by atoms with Crippen LogP contribution in [0.25, 0.3) is 0 Å². The van der Waals surface area contributed by atoms with Crippen molar-refractivity contribution in [2.45, 2.75) is 207 Å². The zero-order chi connectivity index (χ0) is 47.2. The third kappa shape index (κ3) is 50.4. The molecule has 0 aromatic rings. The van der Waals surface area contributed by atoms with Gasteiger partial charge in [0.05, 0.1) is 0 Å². The van der Waals surface area contributed by atoms with Crippen molar-refractivity contribution in [1.29, 1.82) is 0 Å². The Labute approximate surface area is 398 Å². The van der Waals surface area contributed by atoms with Crippen molar-refractivity contribution < 1.29 is 28.6 Å². The van der Waals surface area contributed by atoms with Crippen molar-refractivity contribution in [2.75, 3.05) is 13.2 Å². The quantitative estimate of drug-likeness (QED) is 0.0262. The number of carbonyl (C=O) groups excluding carboxylic acids is 3. The normalized spacial score (nSPS) is 13.2. The van der Waals surface area contributed by atoms with Crippen LogP contribution < -0.4 is 0 Å². The van der Waals surface area contributed by atoms with Crippen LogP contribution in [0.4, 0.5) is 0 Å². The molecule has 0 radical (unpaired) electrons. The van der Waals surface area contributed by atoms with Gasteiger partial charge in [-0.2, -0.15) is 0 Å². The van der Waals surface area contributed by atoms with Gasteiger partial charge in [0, 0.05) is 19.3 Å². The van der Waals surface area contributed by atoms with Gasteiger partial charge in [-0.15, -0.1) is 0 Å². The Morgan fingerprint density at radius 1 is 0.323 bits per heavy atom. The average molecular weight is 897 g/mol. The largest absolute Gasteiger partial charge is 0.462 e. The van der Waals surface area contributed by atoms with E-state index in [1.54, 1.807) is 0 Å². The van der Waals surface area contributed by atoms with E-state index >= 15 is 0 Å². The van der Waals surface area contributed by atoms with E-state index in [-0.39, 0.29) is 37.5 Å². The fraction of sp³-hybridized carbons (Fsp3) is 0.576. The molecule has 0 aliphatic carbocycles. The summed E-state index contributed by atoms with van der Waals surface area (Å²) in [5.41, 5.74) is 0. The first-order valence-corrected chi connectivity index (χ1v) is 25.7. The van der Waals surface area contributed by atoms with E-state index in [1.165, 1.54) is 0 Å². The van der Waals surface area contributed by atoms with E-state index in [9.17, 15) is 14.4 Å². The van der Waals surface area contributed by atoms with E-state index in [0.29, 0.717) is 12.8 Å². The minimum absolute atomic E-state index is 0.105. The SMILES string of the molecule is CC/C=C\C/C=C\C/C=C\C/C=C\C/C=C\C/C=C\C/C=C\CCCCCC(=O)OCC(COC(=O)CCCCCCC)OC(=O)CCCCCC/C=C\C/C=C\C/C=C\C/C=C\CC. The highest BCUT2D eigenvalue weighted by Gasteiger charge is 2.19. The Kier molecular flexibility index (Phi) is 48.6. The van der Waals surface area contributed by atoms with E-state index in [0.717, 1.165) is 161 Å². The second-order valence-electron chi connectivity index (χ2n) is 16.3. The van der Waals surface area contributed by atoms with Gasteiger partial charge >= 0.3 is 17.9 Å². The number of carbonyl (C=O) groups is 3. The highest BCUT2D eigenvalue weighted by molar-refractivity contribution is 5.71. The van der Waals surface area contributed by atoms with Gasteiger partial charge in [-0.05, 0) is 116 Å². The molecule has 0 fully saturated rings. The van der Waals surface area contributed by atoms with Gasteiger partial charge < -0.3 is 14.2 Å². The van der Waals surface area contributed by atoms with Gasteiger partial charge in [0.25, 0.3) is 0 Å². The first-order valence-electron chi connectivity index (χ1n) is 25.7. The molecule has 1 atom stereocenters. The molecule has 0 spiro atoms. The minimum Gasteiger partial charge on any atom is -0.462 e. The molecule has 0 aromatic heterocycles. The van der Waals surface area contributed by atoms with Gasteiger partial charge in [-0.1, -0.05) is 199 Å². The Hall–Kier alpha value is -4.45. The molecule has 0 heterocycles. The van der Waals surface area contributed by atoms with Crippen LogP contribution in [0.5, 0.6) is 0 Å². The van der Waals surface area contributed by atoms with Gasteiger partial charge in [0.2, 0.25) is 0 Å². The monoisotopic (exact) mass is 897 g/mol. The smallest absolute Gasteiger partial charge is 0.306 e. The van der Waals surface area contributed by atoms with E-state index in [1.807, 2.05) is 0 Å².